The predicted molar refractivity (Wildman–Crippen MR) is 110 cm³/mol. The highest BCUT2D eigenvalue weighted by Gasteiger charge is 2.25. The van der Waals surface area contributed by atoms with E-state index >= 15 is 0 Å². The first-order valence-corrected chi connectivity index (χ1v) is 9.64. The van der Waals surface area contributed by atoms with Crippen LogP contribution < -0.4 is 10.2 Å². The molecule has 1 aliphatic heterocycles. The Bertz CT molecular complexity index is 802. The van der Waals surface area contributed by atoms with E-state index in [9.17, 15) is 9.59 Å². The van der Waals surface area contributed by atoms with Gasteiger partial charge in [-0.1, -0.05) is 42.5 Å². The molecule has 6 heteroatoms. The topological polar surface area (TPSA) is 61.9 Å². The molecule has 1 heterocycles. The van der Waals surface area contributed by atoms with Gasteiger partial charge in [-0.05, 0) is 31.5 Å². The van der Waals surface area contributed by atoms with E-state index in [1.54, 1.807) is 4.90 Å². The van der Waals surface area contributed by atoms with Gasteiger partial charge in [0, 0.05) is 25.7 Å². The molecule has 0 unspecified atom stereocenters. The Labute approximate surface area is 166 Å². The summed E-state index contributed by atoms with van der Waals surface area (Å²) in [6.07, 6.45) is 0. The summed E-state index contributed by atoms with van der Waals surface area (Å²) in [7, 11) is 0. The van der Waals surface area contributed by atoms with E-state index in [0.717, 1.165) is 24.3 Å². The van der Waals surface area contributed by atoms with Gasteiger partial charge in [0.1, 0.15) is 0 Å². The Morgan fingerprint density at radius 2 is 1.68 bits per heavy atom. The molecule has 0 aromatic heterocycles. The Balaban J connectivity index is 1.73. The third-order valence-corrected chi connectivity index (χ3v) is 4.78. The highest BCUT2D eigenvalue weighted by molar-refractivity contribution is 6.39. The summed E-state index contributed by atoms with van der Waals surface area (Å²) >= 11 is 0. The minimum atomic E-state index is -0.620. The Morgan fingerprint density at radius 3 is 2.36 bits per heavy atom. The van der Waals surface area contributed by atoms with E-state index in [1.165, 1.54) is 0 Å². The normalized spacial score (nSPS) is 14.0. The number of benzene rings is 2. The van der Waals surface area contributed by atoms with Gasteiger partial charge >= 0.3 is 11.8 Å². The van der Waals surface area contributed by atoms with Crippen molar-refractivity contribution in [2.75, 3.05) is 36.5 Å². The zero-order valence-electron chi connectivity index (χ0n) is 16.4. The second-order valence-electron chi connectivity index (χ2n) is 7.08. The van der Waals surface area contributed by atoms with E-state index in [0.29, 0.717) is 25.4 Å². The van der Waals surface area contributed by atoms with Gasteiger partial charge in [0.05, 0.1) is 24.6 Å². The monoisotopic (exact) mass is 381 g/mol. The van der Waals surface area contributed by atoms with Crippen molar-refractivity contribution in [2.24, 2.45) is 0 Å². The fourth-order valence-electron chi connectivity index (χ4n) is 3.23. The number of nitrogens with one attached hydrogen (secondary N) is 1. The number of hydrogen-bond donors (Lipinski definition) is 1. The van der Waals surface area contributed by atoms with Crippen LogP contribution in [0.3, 0.4) is 0 Å². The van der Waals surface area contributed by atoms with Gasteiger partial charge in [-0.3, -0.25) is 9.59 Å². The maximum absolute atomic E-state index is 12.9. The third kappa shape index (κ3) is 4.89. The van der Waals surface area contributed by atoms with Crippen LogP contribution in [0.25, 0.3) is 0 Å². The van der Waals surface area contributed by atoms with Crippen LogP contribution in [0.5, 0.6) is 0 Å². The molecule has 0 saturated carbocycles. The van der Waals surface area contributed by atoms with Crippen LogP contribution in [0, 0.1) is 0 Å². The number of amides is 2. The minimum absolute atomic E-state index is 0.0899. The number of nitrogens with zero attached hydrogens (tertiary/aromatic N) is 2. The lowest BCUT2D eigenvalue weighted by atomic mass is 10.2. The average molecular weight is 381 g/mol. The van der Waals surface area contributed by atoms with Crippen molar-refractivity contribution in [3.63, 3.8) is 0 Å². The molecule has 0 spiro atoms. The largest absolute Gasteiger partial charge is 0.378 e. The van der Waals surface area contributed by atoms with E-state index in [-0.39, 0.29) is 6.04 Å². The Morgan fingerprint density at radius 1 is 1.04 bits per heavy atom. The number of hydrogen-bond acceptors (Lipinski definition) is 4. The van der Waals surface area contributed by atoms with Gasteiger partial charge in [0.15, 0.2) is 0 Å². The molecule has 0 radical (unpaired) electrons. The first-order valence-electron chi connectivity index (χ1n) is 9.64. The van der Waals surface area contributed by atoms with Crippen LogP contribution in [-0.4, -0.2) is 49.1 Å². The predicted octanol–water partition coefficient (Wildman–Crippen LogP) is 2.90. The van der Waals surface area contributed by atoms with Crippen LogP contribution in [-0.2, 0) is 20.9 Å². The SMILES string of the molecule is CC(C)N(Cc1ccccc1)C(=O)C(=O)Nc1ccccc1N1CCOCC1. The maximum Gasteiger partial charge on any atom is 0.313 e. The standard InChI is InChI=1S/C22H27N3O3/c1-17(2)25(16-18-8-4-3-5-9-18)22(27)21(26)23-19-10-6-7-11-20(19)24-12-14-28-15-13-24/h3-11,17H,12-16H2,1-2H3,(H,23,26). The molecule has 2 aromatic rings. The van der Waals surface area contributed by atoms with Crippen molar-refractivity contribution >= 4 is 23.2 Å². The first-order chi connectivity index (χ1) is 13.6. The van der Waals surface area contributed by atoms with Gasteiger partial charge in [-0.15, -0.1) is 0 Å². The summed E-state index contributed by atoms with van der Waals surface area (Å²) in [5.41, 5.74) is 2.54. The van der Waals surface area contributed by atoms with Crippen LogP contribution in [0.1, 0.15) is 19.4 Å². The minimum Gasteiger partial charge on any atom is -0.378 e. The molecule has 1 fully saturated rings. The second-order valence-corrected chi connectivity index (χ2v) is 7.08. The van der Waals surface area contributed by atoms with Crippen LogP contribution >= 0.6 is 0 Å². The number of rotatable bonds is 5. The Kier molecular flexibility index (Phi) is 6.66. The van der Waals surface area contributed by atoms with E-state index in [1.807, 2.05) is 68.4 Å². The molecular formula is C22H27N3O3. The van der Waals surface area contributed by atoms with Crippen molar-refractivity contribution in [1.82, 2.24) is 4.90 Å². The molecule has 2 aromatic carbocycles. The fourth-order valence-corrected chi connectivity index (χ4v) is 3.23. The molecule has 28 heavy (non-hydrogen) atoms. The van der Waals surface area contributed by atoms with Crippen molar-refractivity contribution in [3.8, 4) is 0 Å². The van der Waals surface area contributed by atoms with Gasteiger partial charge in [-0.25, -0.2) is 0 Å². The number of anilines is 2. The number of morpholine rings is 1. The van der Waals surface area contributed by atoms with Gasteiger partial charge in [0.2, 0.25) is 0 Å². The summed E-state index contributed by atoms with van der Waals surface area (Å²) in [5.74, 6) is -1.15. The quantitative estimate of drug-likeness (QED) is 0.809. The molecule has 0 bridgehead atoms. The third-order valence-electron chi connectivity index (χ3n) is 4.78. The number of carbonyl (C=O) groups is 2. The van der Waals surface area contributed by atoms with Crippen LogP contribution in [0.15, 0.2) is 54.6 Å². The molecule has 1 aliphatic rings. The number of para-hydroxylation sites is 2. The van der Waals surface area contributed by atoms with Crippen molar-refractivity contribution in [3.05, 3.63) is 60.2 Å². The van der Waals surface area contributed by atoms with E-state index in [4.69, 9.17) is 4.74 Å². The van der Waals surface area contributed by atoms with Gasteiger partial charge in [0.25, 0.3) is 0 Å². The molecule has 2 amide bonds. The van der Waals surface area contributed by atoms with Crippen molar-refractivity contribution in [2.45, 2.75) is 26.4 Å². The molecule has 0 aliphatic carbocycles. The zero-order valence-corrected chi connectivity index (χ0v) is 16.4. The molecule has 6 nitrogen and oxygen atoms in total. The lowest BCUT2D eigenvalue weighted by Crippen LogP contribution is -2.43. The van der Waals surface area contributed by atoms with Crippen LogP contribution in [0.2, 0.25) is 0 Å². The lowest BCUT2D eigenvalue weighted by molar-refractivity contribution is -0.144. The van der Waals surface area contributed by atoms with Gasteiger partial charge < -0.3 is 19.9 Å². The molecular weight excluding hydrogens is 354 g/mol. The molecule has 148 valence electrons. The number of carbonyl (C=O) groups excluding carboxylic acids is 2. The van der Waals surface area contributed by atoms with Crippen molar-refractivity contribution in [1.29, 1.82) is 0 Å². The Hall–Kier alpha value is -2.86. The summed E-state index contributed by atoms with van der Waals surface area (Å²) < 4.78 is 5.40. The second kappa shape index (κ2) is 9.37. The fraction of sp³-hybridized carbons (Fsp3) is 0.364. The highest BCUT2D eigenvalue weighted by Crippen LogP contribution is 2.26. The van der Waals surface area contributed by atoms with E-state index in [2.05, 4.69) is 10.2 Å². The summed E-state index contributed by atoms with van der Waals surface area (Å²) in [4.78, 5) is 29.3. The maximum atomic E-state index is 12.9. The lowest BCUT2D eigenvalue weighted by Gasteiger charge is -2.31. The molecule has 1 saturated heterocycles. The molecule has 1 N–H and O–H groups in total. The summed E-state index contributed by atoms with van der Waals surface area (Å²) in [6.45, 7) is 7.04. The first kappa shape index (κ1) is 19.9. The zero-order chi connectivity index (χ0) is 19.9. The van der Waals surface area contributed by atoms with Crippen LogP contribution in [0.4, 0.5) is 11.4 Å². The number of ether oxygens (including phenoxy) is 1. The summed E-state index contributed by atoms with van der Waals surface area (Å²) in [6, 6.07) is 17.2. The van der Waals surface area contributed by atoms with E-state index < -0.39 is 11.8 Å². The smallest absolute Gasteiger partial charge is 0.313 e. The average Bonchev–Trinajstić information content (AvgIpc) is 2.73. The van der Waals surface area contributed by atoms with Gasteiger partial charge in [-0.2, -0.15) is 0 Å². The summed E-state index contributed by atoms with van der Waals surface area (Å²) in [5, 5.41) is 2.82. The molecule has 0 atom stereocenters. The molecule has 3 rings (SSSR count). The highest BCUT2D eigenvalue weighted by atomic mass is 16.5. The van der Waals surface area contributed by atoms with Crippen molar-refractivity contribution < 1.29 is 14.3 Å².